The lowest BCUT2D eigenvalue weighted by atomic mass is 10.1. The number of aldehydes is 1. The smallest absolute Gasteiger partial charge is 0.338 e. The predicted octanol–water partition coefficient (Wildman–Crippen LogP) is 4.33. The second-order valence-electron chi connectivity index (χ2n) is 12.5. The van der Waals surface area contributed by atoms with E-state index < -0.39 is 94.1 Å². The molecule has 0 N–H and O–H groups in total. The molecule has 4 rings (SSSR count). The Hall–Kier alpha value is -6.42. The Morgan fingerprint density at radius 1 is 0.548 bits per heavy atom. The quantitative estimate of drug-likeness (QED) is 0.0283. The fourth-order valence-corrected chi connectivity index (χ4v) is 6.17. The van der Waals surface area contributed by atoms with Crippen LogP contribution in [-0.2, 0) is 57.2 Å². The maximum Gasteiger partial charge on any atom is 0.338 e. The van der Waals surface area contributed by atoms with Crippen molar-refractivity contribution in [2.75, 3.05) is 32.8 Å². The molecule has 332 valence electrons. The molecule has 0 radical (unpaired) electrons. The number of nitrogens with zero attached hydrogens (tertiary/aromatic N) is 1. The molecule has 4 aromatic carbocycles. The van der Waals surface area contributed by atoms with Crippen molar-refractivity contribution in [2.45, 2.75) is 36.8 Å². The van der Waals surface area contributed by atoms with Crippen LogP contribution >= 0.6 is 0 Å². The van der Waals surface area contributed by atoms with E-state index in [1.54, 1.807) is 60.7 Å². The van der Waals surface area contributed by atoms with Crippen LogP contribution in [0.3, 0.4) is 0 Å². The van der Waals surface area contributed by atoms with Crippen LogP contribution in [0.1, 0.15) is 41.4 Å². The fraction of sp³-hybridized carbons (Fsp3) is 0.268. The summed E-state index contributed by atoms with van der Waals surface area (Å²) in [5.41, 5.74) is 0.467. The number of oxime groups is 1. The number of esters is 4. The van der Waals surface area contributed by atoms with Gasteiger partial charge < -0.3 is 23.8 Å². The van der Waals surface area contributed by atoms with E-state index >= 15 is 0 Å². The maximum absolute atomic E-state index is 14.9. The van der Waals surface area contributed by atoms with E-state index in [0.29, 0.717) is 12.5 Å². The molecule has 0 fully saturated rings. The third-order valence-electron chi connectivity index (χ3n) is 7.68. The SMILES string of the molecule is CON=C[C@@H](F)[C@H](OC(=O)c1ccccc1)[C@@H](COC(=O)c1ccccc1)OS(C)(=O)=O.CS(=O)(=O)O[C@H](COC(=O)c1ccccc1)[C@@H](OC(=O)c1ccccc1)[C@H](F)C=O. The van der Waals surface area contributed by atoms with Gasteiger partial charge in [-0.1, -0.05) is 78.0 Å². The van der Waals surface area contributed by atoms with Gasteiger partial charge in [-0.25, -0.2) is 28.0 Å². The summed E-state index contributed by atoms with van der Waals surface area (Å²) in [6, 6.07) is 30.7. The van der Waals surface area contributed by atoms with Crippen molar-refractivity contribution in [3.05, 3.63) is 144 Å². The Morgan fingerprint density at radius 2 is 0.855 bits per heavy atom. The highest BCUT2D eigenvalue weighted by atomic mass is 32.2. The topological polar surface area (TPSA) is 231 Å². The molecule has 0 aliphatic rings. The second-order valence-corrected chi connectivity index (χ2v) is 15.7. The lowest BCUT2D eigenvalue weighted by Gasteiger charge is -2.27. The highest BCUT2D eigenvalue weighted by Crippen LogP contribution is 2.19. The molecule has 21 heteroatoms. The Bertz CT molecular complexity index is 2310. The van der Waals surface area contributed by atoms with Crippen LogP contribution in [0.2, 0.25) is 0 Å². The Morgan fingerprint density at radius 3 is 1.15 bits per heavy atom. The van der Waals surface area contributed by atoms with Crippen LogP contribution in [0.25, 0.3) is 0 Å². The number of alkyl halides is 2. The number of benzene rings is 4. The van der Waals surface area contributed by atoms with Crippen LogP contribution in [0.4, 0.5) is 8.78 Å². The van der Waals surface area contributed by atoms with Gasteiger partial charge in [0.2, 0.25) is 0 Å². The number of hydrogen-bond acceptors (Lipinski definition) is 17. The standard InChI is InChI=1S/C21H22FNO8S.C20H19FO8S/c1-28-23-13-17(22)19(30-21(25)16-11-7-4-8-12-16)18(31-32(2,26)27)14-29-20(24)15-9-5-3-6-10-15;1-30(25,26)29-17(13-27-19(23)14-8-4-2-5-9-14)18(16(21)12-22)28-20(24)15-10-6-3-7-11-15/h3-13,17-19H,14H2,1-2H3;2-12,16-18H,13H2,1H3/t17-,18-,19+;16-,17-,18+/m11/s1. The average Bonchev–Trinajstić information content (AvgIpc) is 3.26. The third kappa shape index (κ3) is 17.7. The Balaban J connectivity index is 0.000000331. The molecule has 0 aliphatic carbocycles. The molecule has 4 aromatic rings. The van der Waals surface area contributed by atoms with Crippen LogP contribution in [-0.4, -0.2) is 123 Å². The van der Waals surface area contributed by atoms with Crippen molar-refractivity contribution in [1.82, 2.24) is 0 Å². The molecule has 0 saturated heterocycles. The molecule has 62 heavy (non-hydrogen) atoms. The van der Waals surface area contributed by atoms with E-state index in [1.165, 1.54) is 67.8 Å². The molecule has 0 heterocycles. The zero-order valence-electron chi connectivity index (χ0n) is 33.1. The van der Waals surface area contributed by atoms with Crippen LogP contribution in [0.15, 0.2) is 126 Å². The van der Waals surface area contributed by atoms with E-state index in [4.69, 9.17) is 27.3 Å². The first-order chi connectivity index (χ1) is 29.4. The fourth-order valence-electron chi connectivity index (χ4n) is 4.94. The number of ether oxygens (including phenoxy) is 4. The van der Waals surface area contributed by atoms with Gasteiger partial charge in [0.05, 0.1) is 41.0 Å². The summed E-state index contributed by atoms with van der Waals surface area (Å²) in [6.07, 6.45) is -9.97. The molecule has 0 bridgehead atoms. The molecule has 17 nitrogen and oxygen atoms in total. The minimum absolute atomic E-state index is 0.0417. The molecule has 0 aromatic heterocycles. The summed E-state index contributed by atoms with van der Waals surface area (Å²) in [7, 11) is -7.18. The highest BCUT2D eigenvalue weighted by Gasteiger charge is 2.39. The zero-order valence-corrected chi connectivity index (χ0v) is 34.8. The van der Waals surface area contributed by atoms with Crippen LogP contribution < -0.4 is 0 Å². The van der Waals surface area contributed by atoms with Crippen molar-refractivity contribution in [1.29, 1.82) is 0 Å². The van der Waals surface area contributed by atoms with Crippen molar-refractivity contribution in [3.63, 3.8) is 0 Å². The van der Waals surface area contributed by atoms with Crippen molar-refractivity contribution >= 4 is 56.6 Å². The molecule has 0 amide bonds. The van der Waals surface area contributed by atoms with Gasteiger partial charge in [0.1, 0.15) is 20.3 Å². The molecular formula is C41H41F2NO16S2. The lowest BCUT2D eigenvalue weighted by molar-refractivity contribution is -0.120. The Kier molecular flexibility index (Phi) is 19.9. The predicted molar refractivity (Wildman–Crippen MR) is 216 cm³/mol. The summed E-state index contributed by atoms with van der Waals surface area (Å²) < 4.78 is 106. The molecule has 0 saturated carbocycles. The largest absolute Gasteiger partial charge is 0.459 e. The third-order valence-corrected chi connectivity index (χ3v) is 8.87. The van der Waals surface area contributed by atoms with E-state index in [9.17, 15) is 49.6 Å². The summed E-state index contributed by atoms with van der Waals surface area (Å²) in [5, 5.41) is 3.29. The van der Waals surface area contributed by atoms with Crippen LogP contribution in [0, 0.1) is 0 Å². The van der Waals surface area contributed by atoms with Gasteiger partial charge in [0, 0.05) is 0 Å². The van der Waals surface area contributed by atoms with Gasteiger partial charge in [-0.05, 0) is 48.5 Å². The summed E-state index contributed by atoms with van der Waals surface area (Å²) in [6.45, 7) is -1.52. The van der Waals surface area contributed by atoms with E-state index in [2.05, 4.69) is 9.99 Å². The first-order valence-corrected chi connectivity index (χ1v) is 21.6. The molecule has 0 aliphatic heterocycles. The maximum atomic E-state index is 14.9. The van der Waals surface area contributed by atoms with E-state index in [-0.39, 0.29) is 28.5 Å². The van der Waals surface area contributed by atoms with Gasteiger partial charge in [0.25, 0.3) is 20.2 Å². The Labute approximate surface area is 355 Å². The van der Waals surface area contributed by atoms with Gasteiger partial charge in [-0.2, -0.15) is 16.8 Å². The molecular weight excluding hydrogens is 865 g/mol. The second kappa shape index (κ2) is 24.7. The lowest BCUT2D eigenvalue weighted by Crippen LogP contribution is -2.45. The summed E-state index contributed by atoms with van der Waals surface area (Å²) in [4.78, 5) is 64.6. The highest BCUT2D eigenvalue weighted by molar-refractivity contribution is 7.86. The number of rotatable bonds is 21. The minimum Gasteiger partial charge on any atom is -0.459 e. The average molecular weight is 906 g/mol. The zero-order chi connectivity index (χ0) is 45.7. The van der Waals surface area contributed by atoms with Crippen molar-refractivity contribution < 1.29 is 81.7 Å². The molecule has 0 unspecified atom stereocenters. The van der Waals surface area contributed by atoms with Gasteiger partial charge in [-0.3, -0.25) is 13.2 Å². The van der Waals surface area contributed by atoms with Gasteiger partial charge >= 0.3 is 23.9 Å². The number of halogens is 2. The number of carbonyl (C=O) groups excluding carboxylic acids is 5. The van der Waals surface area contributed by atoms with Gasteiger partial charge in [-0.15, -0.1) is 0 Å². The summed E-state index contributed by atoms with van der Waals surface area (Å²) >= 11 is 0. The number of hydrogen-bond donors (Lipinski definition) is 0. The first-order valence-electron chi connectivity index (χ1n) is 18.0. The van der Waals surface area contributed by atoms with Crippen molar-refractivity contribution in [3.8, 4) is 0 Å². The van der Waals surface area contributed by atoms with Crippen molar-refractivity contribution in [2.24, 2.45) is 5.16 Å². The van der Waals surface area contributed by atoms with E-state index in [0.717, 1.165) is 6.26 Å². The first kappa shape index (κ1) is 49.9. The monoisotopic (exact) mass is 905 g/mol. The van der Waals surface area contributed by atoms with Gasteiger partial charge in [0.15, 0.2) is 43.0 Å². The minimum atomic E-state index is -4.19. The van der Waals surface area contributed by atoms with E-state index in [1.807, 2.05) is 0 Å². The molecule has 6 atom stereocenters. The normalized spacial score (nSPS) is 14.3. The summed E-state index contributed by atoms with van der Waals surface area (Å²) in [5.74, 6) is -3.60. The number of carbonyl (C=O) groups is 5. The van der Waals surface area contributed by atoms with Crippen LogP contribution in [0.5, 0.6) is 0 Å². The molecule has 0 spiro atoms.